The summed E-state index contributed by atoms with van der Waals surface area (Å²) in [5, 5.41) is 6.46. The number of likely N-dealkylation sites (tertiary alicyclic amines) is 1. The smallest absolute Gasteiger partial charge is 0.220 e. The lowest BCUT2D eigenvalue weighted by molar-refractivity contribution is -0.122. The fraction of sp³-hybridized carbons (Fsp3) is 0.913. The molecule has 0 aromatic carbocycles. The molecule has 3 fully saturated rings. The topological polar surface area (TPSA) is 75.2 Å². The molecule has 0 spiro atoms. The van der Waals surface area contributed by atoms with Gasteiger partial charge in [0, 0.05) is 46.3 Å². The Hall–Kier alpha value is -1.34. The molecule has 3 aliphatic rings. The molecule has 1 saturated carbocycles. The van der Waals surface area contributed by atoms with Crippen LogP contribution in [0.1, 0.15) is 70.6 Å². The molecule has 3 rings (SSSR count). The van der Waals surface area contributed by atoms with Crippen LogP contribution in [0.5, 0.6) is 0 Å². The van der Waals surface area contributed by atoms with E-state index in [0.717, 1.165) is 51.5 Å². The zero-order valence-corrected chi connectivity index (χ0v) is 18.9. The normalized spacial score (nSPS) is 24.6. The number of nitrogens with one attached hydrogen (secondary N) is 2. The van der Waals surface area contributed by atoms with Crippen molar-refractivity contribution in [1.29, 1.82) is 0 Å². The van der Waals surface area contributed by atoms with Crippen molar-refractivity contribution in [3.05, 3.63) is 0 Å². The molecule has 0 aromatic heterocycles. The summed E-state index contributed by atoms with van der Waals surface area (Å²) in [6, 6.07) is 0. The van der Waals surface area contributed by atoms with Gasteiger partial charge in [-0.05, 0) is 50.9 Å². The third-order valence-corrected chi connectivity index (χ3v) is 6.67. The number of nitrogens with zero attached hydrogens (tertiary/aromatic N) is 2. The Bertz CT molecular complexity index is 523. The molecule has 30 heavy (non-hydrogen) atoms. The van der Waals surface area contributed by atoms with Crippen molar-refractivity contribution < 1.29 is 14.3 Å². The Morgan fingerprint density at radius 1 is 1.00 bits per heavy atom. The number of ether oxygens (including phenoxy) is 2. The van der Waals surface area contributed by atoms with Crippen molar-refractivity contribution in [3.8, 4) is 0 Å². The van der Waals surface area contributed by atoms with E-state index in [1.54, 1.807) is 0 Å². The SMILES string of the molecule is CN=C(NCCNC(=O)CC1CCCCC1)N1CCC(OCC2CCCCO2)CC1. The van der Waals surface area contributed by atoms with Crippen LogP contribution < -0.4 is 10.6 Å². The van der Waals surface area contributed by atoms with Crippen LogP contribution in [0.4, 0.5) is 0 Å². The molecule has 2 heterocycles. The van der Waals surface area contributed by atoms with Crippen LogP contribution in [0.15, 0.2) is 4.99 Å². The van der Waals surface area contributed by atoms with E-state index < -0.39 is 0 Å². The van der Waals surface area contributed by atoms with Gasteiger partial charge in [0.2, 0.25) is 5.91 Å². The van der Waals surface area contributed by atoms with Crippen LogP contribution in [-0.4, -0.2) is 75.4 Å². The highest BCUT2D eigenvalue weighted by Gasteiger charge is 2.24. The van der Waals surface area contributed by atoms with Gasteiger partial charge >= 0.3 is 0 Å². The number of hydrogen-bond donors (Lipinski definition) is 2. The average Bonchev–Trinajstić information content (AvgIpc) is 2.80. The average molecular weight is 423 g/mol. The highest BCUT2D eigenvalue weighted by molar-refractivity contribution is 5.80. The predicted molar refractivity (Wildman–Crippen MR) is 120 cm³/mol. The Balaban J connectivity index is 1.25. The maximum absolute atomic E-state index is 12.1. The Labute approximate surface area is 182 Å². The van der Waals surface area contributed by atoms with Crippen LogP contribution in [0.3, 0.4) is 0 Å². The molecule has 1 aliphatic carbocycles. The Morgan fingerprint density at radius 2 is 1.73 bits per heavy atom. The van der Waals surface area contributed by atoms with Gasteiger partial charge in [0.1, 0.15) is 0 Å². The second-order valence-corrected chi connectivity index (χ2v) is 9.04. The van der Waals surface area contributed by atoms with Gasteiger partial charge in [-0.3, -0.25) is 9.79 Å². The second kappa shape index (κ2) is 13.2. The Kier molecular flexibility index (Phi) is 10.2. The minimum atomic E-state index is 0.193. The van der Waals surface area contributed by atoms with Crippen LogP contribution in [0.25, 0.3) is 0 Å². The zero-order valence-electron chi connectivity index (χ0n) is 18.9. The monoisotopic (exact) mass is 422 g/mol. The van der Waals surface area contributed by atoms with E-state index in [-0.39, 0.29) is 5.91 Å². The van der Waals surface area contributed by atoms with Crippen molar-refractivity contribution in [2.75, 3.05) is 46.4 Å². The van der Waals surface area contributed by atoms with Crippen molar-refractivity contribution in [2.24, 2.45) is 10.9 Å². The second-order valence-electron chi connectivity index (χ2n) is 9.04. The quantitative estimate of drug-likeness (QED) is 0.357. The molecule has 0 radical (unpaired) electrons. The first-order chi connectivity index (χ1) is 14.7. The van der Waals surface area contributed by atoms with Gasteiger partial charge in [0.15, 0.2) is 5.96 Å². The van der Waals surface area contributed by atoms with Crippen LogP contribution in [0, 0.1) is 5.92 Å². The van der Waals surface area contributed by atoms with Gasteiger partial charge in [-0.25, -0.2) is 0 Å². The fourth-order valence-corrected chi connectivity index (χ4v) is 4.85. The molecule has 2 aliphatic heterocycles. The van der Waals surface area contributed by atoms with Crippen LogP contribution in [0.2, 0.25) is 0 Å². The molecular weight excluding hydrogens is 380 g/mol. The molecule has 1 atom stereocenters. The fourth-order valence-electron chi connectivity index (χ4n) is 4.85. The van der Waals surface area contributed by atoms with E-state index in [4.69, 9.17) is 9.47 Å². The first-order valence-electron chi connectivity index (χ1n) is 12.2. The minimum absolute atomic E-state index is 0.193. The molecule has 1 unspecified atom stereocenters. The number of carbonyl (C=O) groups is 1. The largest absolute Gasteiger partial charge is 0.376 e. The van der Waals surface area contributed by atoms with Crippen molar-refractivity contribution in [2.45, 2.75) is 82.8 Å². The number of carbonyl (C=O) groups excluding carboxylic acids is 1. The summed E-state index contributed by atoms with van der Waals surface area (Å²) < 4.78 is 11.9. The maximum atomic E-state index is 12.1. The predicted octanol–water partition coefficient (Wildman–Crippen LogP) is 2.70. The van der Waals surface area contributed by atoms with Gasteiger partial charge in [-0.2, -0.15) is 0 Å². The molecule has 2 saturated heterocycles. The first-order valence-corrected chi connectivity index (χ1v) is 12.2. The van der Waals surface area contributed by atoms with Gasteiger partial charge in [-0.1, -0.05) is 19.3 Å². The van der Waals surface area contributed by atoms with Gasteiger partial charge in [-0.15, -0.1) is 0 Å². The summed E-state index contributed by atoms with van der Waals surface area (Å²) in [5.74, 6) is 1.71. The summed E-state index contributed by atoms with van der Waals surface area (Å²) in [5.41, 5.74) is 0. The van der Waals surface area contributed by atoms with E-state index in [0.29, 0.717) is 37.6 Å². The van der Waals surface area contributed by atoms with Gasteiger partial charge in [0.25, 0.3) is 0 Å². The summed E-state index contributed by atoms with van der Waals surface area (Å²) in [6.45, 7) is 4.87. The van der Waals surface area contributed by atoms with E-state index in [9.17, 15) is 4.79 Å². The summed E-state index contributed by atoms with van der Waals surface area (Å²) in [7, 11) is 1.83. The summed E-state index contributed by atoms with van der Waals surface area (Å²) >= 11 is 0. The van der Waals surface area contributed by atoms with E-state index in [1.807, 2.05) is 7.05 Å². The highest BCUT2D eigenvalue weighted by Crippen LogP contribution is 2.26. The third kappa shape index (κ3) is 8.06. The molecule has 0 aromatic rings. The van der Waals surface area contributed by atoms with Gasteiger partial charge < -0.3 is 25.0 Å². The lowest BCUT2D eigenvalue weighted by atomic mass is 9.87. The number of aliphatic imine (C=N–C) groups is 1. The van der Waals surface area contributed by atoms with Crippen LogP contribution >= 0.6 is 0 Å². The number of amides is 1. The first kappa shape index (κ1) is 23.3. The van der Waals surface area contributed by atoms with Crippen LogP contribution in [-0.2, 0) is 14.3 Å². The van der Waals surface area contributed by atoms with Crippen molar-refractivity contribution >= 4 is 11.9 Å². The molecule has 172 valence electrons. The molecule has 7 nitrogen and oxygen atoms in total. The molecule has 7 heteroatoms. The van der Waals surface area contributed by atoms with Gasteiger partial charge in [0.05, 0.1) is 18.8 Å². The number of rotatable bonds is 8. The maximum Gasteiger partial charge on any atom is 0.220 e. The summed E-state index contributed by atoms with van der Waals surface area (Å²) in [6.07, 6.45) is 13.2. The lowest BCUT2D eigenvalue weighted by Crippen LogP contribution is -2.48. The van der Waals surface area contributed by atoms with Crippen molar-refractivity contribution in [1.82, 2.24) is 15.5 Å². The van der Waals surface area contributed by atoms with E-state index >= 15 is 0 Å². The molecule has 1 amide bonds. The zero-order chi connectivity index (χ0) is 21.0. The minimum Gasteiger partial charge on any atom is -0.376 e. The summed E-state index contributed by atoms with van der Waals surface area (Å²) in [4.78, 5) is 18.9. The highest BCUT2D eigenvalue weighted by atomic mass is 16.5. The molecular formula is C23H42N4O3. The number of guanidine groups is 1. The molecule has 2 N–H and O–H groups in total. The standard InChI is InChI=1S/C23H42N4O3/c1-24-23(26-13-12-25-22(28)17-19-7-3-2-4-8-19)27-14-10-20(11-15-27)30-18-21-9-5-6-16-29-21/h19-21H,2-18H2,1H3,(H,24,26)(H,25,28). The van der Waals surface area contributed by atoms with Crippen molar-refractivity contribution in [3.63, 3.8) is 0 Å². The molecule has 0 bridgehead atoms. The number of piperidine rings is 1. The Morgan fingerprint density at radius 3 is 2.43 bits per heavy atom. The third-order valence-electron chi connectivity index (χ3n) is 6.67. The lowest BCUT2D eigenvalue weighted by Gasteiger charge is -2.35. The van der Waals surface area contributed by atoms with E-state index in [1.165, 1.54) is 44.9 Å². The van der Waals surface area contributed by atoms with E-state index in [2.05, 4.69) is 20.5 Å². The number of hydrogen-bond acceptors (Lipinski definition) is 4.